The summed E-state index contributed by atoms with van der Waals surface area (Å²) in [4.78, 5) is 26.9. The summed E-state index contributed by atoms with van der Waals surface area (Å²) in [5.74, 6) is -0.316. The molecule has 0 bridgehead atoms. The monoisotopic (exact) mass is 476 g/mol. The van der Waals surface area contributed by atoms with Gasteiger partial charge in [-0.15, -0.1) is 0 Å². The van der Waals surface area contributed by atoms with E-state index in [4.69, 9.17) is 14.2 Å². The number of carbonyl (C=O) groups is 2. The van der Waals surface area contributed by atoms with Crippen molar-refractivity contribution in [3.63, 3.8) is 0 Å². The second-order valence-electron chi connectivity index (χ2n) is 7.86. The highest BCUT2D eigenvalue weighted by Crippen LogP contribution is 2.32. The average molecular weight is 477 g/mol. The molecule has 0 unspecified atom stereocenters. The second kappa shape index (κ2) is 10.7. The van der Waals surface area contributed by atoms with Crippen molar-refractivity contribution in [3.05, 3.63) is 54.1 Å². The summed E-state index contributed by atoms with van der Waals surface area (Å²) in [5.41, 5.74) is 0.844. The van der Waals surface area contributed by atoms with Crippen molar-refractivity contribution < 1.29 is 32.2 Å². The zero-order chi connectivity index (χ0) is 24.0. The van der Waals surface area contributed by atoms with Crippen molar-refractivity contribution in [2.75, 3.05) is 19.9 Å². The van der Waals surface area contributed by atoms with E-state index in [9.17, 15) is 18.0 Å². The maximum Gasteiger partial charge on any atom is 0.324 e. The number of amides is 1. The van der Waals surface area contributed by atoms with Gasteiger partial charge in [0.25, 0.3) is 5.91 Å². The molecule has 33 heavy (non-hydrogen) atoms. The third-order valence-corrected chi connectivity index (χ3v) is 6.60. The molecule has 10 heteroatoms. The summed E-state index contributed by atoms with van der Waals surface area (Å²) in [6, 6.07) is 12.0. The number of hydrogen-bond donors (Lipinski definition) is 1. The summed E-state index contributed by atoms with van der Waals surface area (Å²) >= 11 is 0. The molecule has 3 rings (SSSR count). The van der Waals surface area contributed by atoms with Crippen molar-refractivity contribution in [2.24, 2.45) is 5.92 Å². The molecule has 9 nitrogen and oxygen atoms in total. The molecule has 0 saturated heterocycles. The van der Waals surface area contributed by atoms with E-state index in [1.165, 1.54) is 17.0 Å². The van der Waals surface area contributed by atoms with Crippen molar-refractivity contribution in [3.8, 4) is 11.5 Å². The van der Waals surface area contributed by atoms with Crippen LogP contribution in [0.1, 0.15) is 26.3 Å². The molecule has 1 heterocycles. The van der Waals surface area contributed by atoms with Crippen molar-refractivity contribution in [1.29, 1.82) is 0 Å². The van der Waals surface area contributed by atoms with Gasteiger partial charge in [-0.25, -0.2) is 8.42 Å². The Labute approximate surface area is 193 Å². The van der Waals surface area contributed by atoms with Crippen LogP contribution in [0.3, 0.4) is 0 Å². The highest BCUT2D eigenvalue weighted by molar-refractivity contribution is 7.89. The number of sulfonamides is 1. The highest BCUT2D eigenvalue weighted by atomic mass is 32.2. The molecule has 1 aliphatic heterocycles. The van der Waals surface area contributed by atoms with Crippen LogP contribution < -0.4 is 14.2 Å². The molecule has 2 aromatic rings. The number of likely N-dealkylation sites (N-methyl/N-ethyl adjacent to an activating group) is 1. The van der Waals surface area contributed by atoms with Gasteiger partial charge in [0.2, 0.25) is 16.8 Å². The third-order valence-electron chi connectivity index (χ3n) is 5.14. The van der Waals surface area contributed by atoms with E-state index in [1.807, 2.05) is 13.0 Å². The number of nitrogens with zero attached hydrogens (tertiary/aromatic N) is 1. The van der Waals surface area contributed by atoms with Gasteiger partial charge in [-0.05, 0) is 42.7 Å². The highest BCUT2D eigenvalue weighted by Gasteiger charge is 2.30. The van der Waals surface area contributed by atoms with Crippen LogP contribution in [0.15, 0.2) is 53.4 Å². The van der Waals surface area contributed by atoms with Gasteiger partial charge in [-0.2, -0.15) is 4.72 Å². The lowest BCUT2D eigenvalue weighted by atomic mass is 10.1. The van der Waals surface area contributed by atoms with Crippen LogP contribution in [0.4, 0.5) is 0 Å². The third kappa shape index (κ3) is 6.23. The zero-order valence-corrected chi connectivity index (χ0v) is 19.6. The molecule has 0 aliphatic carbocycles. The van der Waals surface area contributed by atoms with Gasteiger partial charge in [0.15, 0.2) is 18.1 Å². The summed E-state index contributed by atoms with van der Waals surface area (Å²) in [7, 11) is -3.92. The summed E-state index contributed by atoms with van der Waals surface area (Å²) < 4.78 is 43.5. The lowest BCUT2D eigenvalue weighted by molar-refractivity contribution is -0.154. The van der Waals surface area contributed by atoms with Crippen LogP contribution in [0.25, 0.3) is 0 Å². The van der Waals surface area contributed by atoms with E-state index < -0.39 is 34.5 Å². The molecule has 2 aromatic carbocycles. The first kappa shape index (κ1) is 24.5. The number of carbonyl (C=O) groups excluding carboxylic acids is 2. The molecule has 178 valence electrons. The van der Waals surface area contributed by atoms with Gasteiger partial charge in [0, 0.05) is 13.1 Å². The van der Waals surface area contributed by atoms with Gasteiger partial charge < -0.3 is 19.1 Å². The molecule has 1 atom stereocenters. The number of benzene rings is 2. The SMILES string of the molecule is CCN(Cc1ccc2c(c1)OCO2)C(=O)COC(=O)[C@@H](NS(=O)(=O)c1ccccc1)C(C)C. The van der Waals surface area contributed by atoms with Crippen LogP contribution in [0.2, 0.25) is 0 Å². The second-order valence-corrected chi connectivity index (χ2v) is 9.57. The van der Waals surface area contributed by atoms with Gasteiger partial charge in [0.05, 0.1) is 4.90 Å². The van der Waals surface area contributed by atoms with E-state index in [0.29, 0.717) is 24.6 Å². The number of esters is 1. The number of ether oxygens (including phenoxy) is 3. The quantitative estimate of drug-likeness (QED) is 0.524. The molecule has 0 radical (unpaired) electrons. The Morgan fingerprint density at radius 1 is 1.09 bits per heavy atom. The predicted molar refractivity (Wildman–Crippen MR) is 120 cm³/mol. The first-order valence-electron chi connectivity index (χ1n) is 10.6. The average Bonchev–Trinajstić information content (AvgIpc) is 3.27. The first-order chi connectivity index (χ1) is 15.7. The van der Waals surface area contributed by atoms with E-state index in [1.54, 1.807) is 44.2 Å². The molecular weight excluding hydrogens is 448 g/mol. The maximum absolute atomic E-state index is 12.7. The Hall–Kier alpha value is -3.11. The molecule has 1 amide bonds. The van der Waals surface area contributed by atoms with Crippen LogP contribution in [0.5, 0.6) is 11.5 Å². The van der Waals surface area contributed by atoms with Gasteiger partial charge in [-0.3, -0.25) is 9.59 Å². The van der Waals surface area contributed by atoms with Gasteiger partial charge in [-0.1, -0.05) is 38.1 Å². The summed E-state index contributed by atoms with van der Waals surface area (Å²) in [6.07, 6.45) is 0. The molecule has 0 aromatic heterocycles. The van der Waals surface area contributed by atoms with Crippen molar-refractivity contribution in [1.82, 2.24) is 9.62 Å². The molecular formula is C23H28N2O7S. The maximum atomic E-state index is 12.7. The Bertz CT molecular complexity index is 1090. The number of hydrogen-bond acceptors (Lipinski definition) is 7. The molecule has 1 aliphatic rings. The number of rotatable bonds is 10. The van der Waals surface area contributed by atoms with E-state index in [0.717, 1.165) is 5.56 Å². The Balaban J connectivity index is 1.60. The topological polar surface area (TPSA) is 111 Å². The van der Waals surface area contributed by atoms with Crippen LogP contribution in [0, 0.1) is 5.92 Å². The van der Waals surface area contributed by atoms with Crippen LogP contribution >= 0.6 is 0 Å². The minimum atomic E-state index is -3.92. The molecule has 1 N–H and O–H groups in total. The Morgan fingerprint density at radius 3 is 2.45 bits per heavy atom. The first-order valence-corrected chi connectivity index (χ1v) is 12.1. The fourth-order valence-electron chi connectivity index (χ4n) is 3.24. The van der Waals surface area contributed by atoms with Gasteiger partial charge in [0.1, 0.15) is 6.04 Å². The zero-order valence-electron chi connectivity index (χ0n) is 18.8. The number of fused-ring (bicyclic) bond motifs is 1. The van der Waals surface area contributed by atoms with Gasteiger partial charge >= 0.3 is 5.97 Å². The molecule has 0 spiro atoms. The van der Waals surface area contributed by atoms with Crippen molar-refractivity contribution >= 4 is 21.9 Å². The predicted octanol–water partition coefficient (Wildman–Crippen LogP) is 2.31. The number of nitrogens with one attached hydrogen (secondary N) is 1. The molecule has 0 fully saturated rings. The molecule has 0 saturated carbocycles. The van der Waals surface area contributed by atoms with E-state index in [2.05, 4.69) is 4.72 Å². The van der Waals surface area contributed by atoms with Crippen molar-refractivity contribution in [2.45, 2.75) is 38.3 Å². The Kier molecular flexibility index (Phi) is 7.93. The summed E-state index contributed by atoms with van der Waals surface area (Å²) in [6.45, 7) is 5.58. The minimum absolute atomic E-state index is 0.0420. The lowest BCUT2D eigenvalue weighted by Gasteiger charge is -2.23. The van der Waals surface area contributed by atoms with E-state index >= 15 is 0 Å². The fourth-order valence-corrected chi connectivity index (χ4v) is 4.60. The van der Waals surface area contributed by atoms with E-state index in [-0.39, 0.29) is 17.6 Å². The normalized spacial score (nSPS) is 13.6. The largest absolute Gasteiger partial charge is 0.454 e. The minimum Gasteiger partial charge on any atom is -0.454 e. The van der Waals surface area contributed by atoms with Crippen LogP contribution in [-0.4, -0.2) is 51.2 Å². The lowest BCUT2D eigenvalue weighted by Crippen LogP contribution is -2.46. The Morgan fingerprint density at radius 2 is 1.79 bits per heavy atom. The summed E-state index contributed by atoms with van der Waals surface area (Å²) in [5, 5.41) is 0. The standard InChI is InChI=1S/C23H28N2O7S/c1-4-25(13-17-10-11-19-20(12-17)32-15-31-19)21(26)14-30-23(27)22(16(2)3)24-33(28,29)18-8-6-5-7-9-18/h5-12,16,22,24H,4,13-15H2,1-3H3/t22-/m0/s1. The fraction of sp³-hybridized carbons (Fsp3) is 0.391. The van der Waals surface area contributed by atoms with Crippen LogP contribution in [-0.2, 0) is 30.9 Å². The smallest absolute Gasteiger partial charge is 0.324 e.